The average Bonchev–Trinajstić information content (AvgIpc) is 2.46. The van der Waals surface area contributed by atoms with Gasteiger partial charge in [0.25, 0.3) is 5.69 Å². The fraction of sp³-hybridized carbons (Fsp3) is 0.500. The van der Waals surface area contributed by atoms with Crippen molar-refractivity contribution in [2.75, 3.05) is 45.6 Å². The molecule has 2 rings (SSSR count). The average molecular weight is 314 g/mol. The summed E-state index contributed by atoms with van der Waals surface area (Å²) in [6.45, 7) is 2.08. The zero-order valence-electron chi connectivity index (χ0n) is 11.9. The highest BCUT2D eigenvalue weighted by molar-refractivity contribution is 7.89. The molecule has 1 aromatic rings. The predicted molar refractivity (Wildman–Crippen MR) is 78.9 cm³/mol. The Morgan fingerprint density at radius 2 is 1.86 bits per heavy atom. The summed E-state index contributed by atoms with van der Waals surface area (Å²) in [5.74, 6) is 0. The lowest BCUT2D eigenvalue weighted by Gasteiger charge is -2.31. The molecule has 0 aliphatic carbocycles. The minimum atomic E-state index is -3.69. The summed E-state index contributed by atoms with van der Waals surface area (Å²) in [6, 6.07) is 3.92. The monoisotopic (exact) mass is 314 g/mol. The summed E-state index contributed by atoms with van der Waals surface area (Å²) in [6.07, 6.45) is 0. The molecule has 1 heterocycles. The second kappa shape index (κ2) is 5.96. The van der Waals surface area contributed by atoms with Crippen LogP contribution in [0.25, 0.3) is 0 Å². The molecular formula is C12H18N4O4S. The Hall–Kier alpha value is -1.71. The highest BCUT2D eigenvalue weighted by atomic mass is 32.2. The van der Waals surface area contributed by atoms with Crippen LogP contribution in [0, 0.1) is 10.1 Å². The van der Waals surface area contributed by atoms with Gasteiger partial charge in [0.05, 0.1) is 9.82 Å². The number of anilines is 1. The number of rotatable bonds is 4. The largest absolute Gasteiger partial charge is 0.383 e. The standard InChI is InChI=1S/C12H18N4O4S/c1-13-11-4-3-10(9-12(11)16(17)18)21(19,20)15-7-5-14(2)6-8-15/h3-4,9,13H,5-8H2,1-2H3. The van der Waals surface area contributed by atoms with Crippen LogP contribution in [-0.2, 0) is 10.0 Å². The molecule has 0 atom stereocenters. The van der Waals surface area contributed by atoms with E-state index in [4.69, 9.17) is 0 Å². The number of hydrogen-bond acceptors (Lipinski definition) is 6. The van der Waals surface area contributed by atoms with Crippen LogP contribution in [0.2, 0.25) is 0 Å². The van der Waals surface area contributed by atoms with Gasteiger partial charge in [0, 0.05) is 39.3 Å². The molecule has 1 aliphatic heterocycles. The summed E-state index contributed by atoms with van der Waals surface area (Å²) >= 11 is 0. The third-order valence-electron chi connectivity index (χ3n) is 3.54. The Morgan fingerprint density at radius 3 is 2.38 bits per heavy atom. The van der Waals surface area contributed by atoms with Gasteiger partial charge in [0.2, 0.25) is 10.0 Å². The van der Waals surface area contributed by atoms with Gasteiger partial charge in [-0.2, -0.15) is 4.31 Å². The molecule has 1 fully saturated rings. The Balaban J connectivity index is 2.36. The normalized spacial score (nSPS) is 17.6. The van der Waals surface area contributed by atoms with Crippen molar-refractivity contribution in [2.24, 2.45) is 0 Å². The van der Waals surface area contributed by atoms with E-state index in [2.05, 4.69) is 5.32 Å². The fourth-order valence-electron chi connectivity index (χ4n) is 2.21. The number of hydrogen-bond donors (Lipinski definition) is 1. The second-order valence-electron chi connectivity index (χ2n) is 4.89. The fourth-order valence-corrected chi connectivity index (χ4v) is 3.65. The zero-order valence-corrected chi connectivity index (χ0v) is 12.8. The van der Waals surface area contributed by atoms with E-state index >= 15 is 0 Å². The number of piperazine rings is 1. The minimum absolute atomic E-state index is 0.0437. The maximum atomic E-state index is 12.5. The van der Waals surface area contributed by atoms with Crippen LogP contribution in [0.3, 0.4) is 0 Å². The van der Waals surface area contributed by atoms with Crippen LogP contribution >= 0.6 is 0 Å². The van der Waals surface area contributed by atoms with Gasteiger partial charge in [-0.05, 0) is 19.2 Å². The first-order valence-electron chi connectivity index (χ1n) is 6.51. The SMILES string of the molecule is CNc1ccc(S(=O)(=O)N2CCN(C)CC2)cc1[N+](=O)[O-]. The summed E-state index contributed by atoms with van der Waals surface area (Å²) < 4.78 is 26.4. The molecule has 1 aliphatic rings. The molecule has 1 saturated heterocycles. The van der Waals surface area contributed by atoms with Crippen molar-refractivity contribution >= 4 is 21.4 Å². The summed E-state index contributed by atoms with van der Waals surface area (Å²) in [5, 5.41) is 13.7. The van der Waals surface area contributed by atoms with Gasteiger partial charge in [-0.15, -0.1) is 0 Å². The molecule has 21 heavy (non-hydrogen) atoms. The van der Waals surface area contributed by atoms with E-state index < -0.39 is 14.9 Å². The van der Waals surface area contributed by atoms with Crippen LogP contribution < -0.4 is 5.32 Å². The number of sulfonamides is 1. The first kappa shape index (κ1) is 15.7. The van der Waals surface area contributed by atoms with Gasteiger partial charge >= 0.3 is 0 Å². The Kier molecular flexibility index (Phi) is 4.45. The van der Waals surface area contributed by atoms with Crippen molar-refractivity contribution < 1.29 is 13.3 Å². The molecule has 8 nitrogen and oxygen atoms in total. The van der Waals surface area contributed by atoms with Crippen molar-refractivity contribution in [3.8, 4) is 0 Å². The topological polar surface area (TPSA) is 95.8 Å². The van der Waals surface area contributed by atoms with E-state index in [9.17, 15) is 18.5 Å². The summed E-state index contributed by atoms with van der Waals surface area (Å²) in [4.78, 5) is 12.4. The van der Waals surface area contributed by atoms with E-state index in [-0.39, 0.29) is 16.3 Å². The van der Waals surface area contributed by atoms with Gasteiger partial charge in [0.15, 0.2) is 0 Å². The van der Waals surface area contributed by atoms with Gasteiger partial charge in [-0.1, -0.05) is 0 Å². The van der Waals surface area contributed by atoms with Gasteiger partial charge in [0.1, 0.15) is 5.69 Å². The molecule has 0 aromatic heterocycles. The molecule has 0 amide bonds. The van der Waals surface area contributed by atoms with Crippen molar-refractivity contribution in [2.45, 2.75) is 4.90 Å². The second-order valence-corrected chi connectivity index (χ2v) is 6.83. The minimum Gasteiger partial charge on any atom is -0.383 e. The molecule has 1 aromatic carbocycles. The van der Waals surface area contributed by atoms with Gasteiger partial charge in [-0.3, -0.25) is 10.1 Å². The molecule has 9 heteroatoms. The van der Waals surface area contributed by atoms with Crippen molar-refractivity contribution in [1.29, 1.82) is 0 Å². The molecule has 0 spiro atoms. The number of likely N-dealkylation sites (N-methyl/N-ethyl adjacent to an activating group) is 1. The Morgan fingerprint density at radius 1 is 1.24 bits per heavy atom. The molecule has 1 N–H and O–H groups in total. The smallest absolute Gasteiger partial charge is 0.293 e. The van der Waals surface area contributed by atoms with Crippen molar-refractivity contribution in [1.82, 2.24) is 9.21 Å². The molecule has 0 bridgehead atoms. The van der Waals surface area contributed by atoms with Gasteiger partial charge in [-0.25, -0.2) is 8.42 Å². The summed E-state index contributed by atoms with van der Waals surface area (Å²) in [5.41, 5.74) is 0.0463. The molecule has 0 unspecified atom stereocenters. The highest BCUT2D eigenvalue weighted by Crippen LogP contribution is 2.28. The molecule has 116 valence electrons. The lowest BCUT2D eigenvalue weighted by molar-refractivity contribution is -0.384. The van der Waals surface area contributed by atoms with Crippen LogP contribution in [0.5, 0.6) is 0 Å². The Bertz CT molecular complexity index is 639. The number of nitro benzene ring substituents is 1. The number of nitrogens with zero attached hydrogens (tertiary/aromatic N) is 3. The highest BCUT2D eigenvalue weighted by Gasteiger charge is 2.29. The van der Waals surface area contributed by atoms with Crippen LogP contribution in [0.15, 0.2) is 23.1 Å². The number of benzene rings is 1. The molecular weight excluding hydrogens is 296 g/mol. The van der Waals surface area contributed by atoms with Crippen LogP contribution in [0.4, 0.5) is 11.4 Å². The maximum absolute atomic E-state index is 12.5. The number of nitro groups is 1. The first-order valence-corrected chi connectivity index (χ1v) is 7.95. The van der Waals surface area contributed by atoms with E-state index in [1.165, 1.54) is 16.4 Å². The predicted octanol–water partition coefficient (Wildman–Crippen LogP) is 0.573. The summed E-state index contributed by atoms with van der Waals surface area (Å²) in [7, 11) is -0.212. The zero-order chi connectivity index (χ0) is 15.6. The van der Waals surface area contributed by atoms with Crippen molar-refractivity contribution in [3.05, 3.63) is 28.3 Å². The van der Waals surface area contributed by atoms with E-state index in [1.54, 1.807) is 7.05 Å². The molecule has 0 saturated carbocycles. The van der Waals surface area contributed by atoms with Gasteiger partial charge < -0.3 is 10.2 Å². The molecule has 0 radical (unpaired) electrons. The van der Waals surface area contributed by atoms with E-state index in [0.717, 1.165) is 6.07 Å². The first-order chi connectivity index (χ1) is 9.86. The van der Waals surface area contributed by atoms with Crippen molar-refractivity contribution in [3.63, 3.8) is 0 Å². The Labute approximate surface area is 123 Å². The van der Waals surface area contributed by atoms with E-state index in [0.29, 0.717) is 26.2 Å². The lowest BCUT2D eigenvalue weighted by Crippen LogP contribution is -2.47. The quantitative estimate of drug-likeness (QED) is 0.645. The number of nitrogens with one attached hydrogen (secondary N) is 1. The lowest BCUT2D eigenvalue weighted by atomic mass is 10.3. The third kappa shape index (κ3) is 3.14. The van der Waals surface area contributed by atoms with Crippen LogP contribution in [-0.4, -0.2) is 62.8 Å². The van der Waals surface area contributed by atoms with E-state index in [1.807, 2.05) is 11.9 Å². The maximum Gasteiger partial charge on any atom is 0.293 e. The van der Waals surface area contributed by atoms with Crippen LogP contribution in [0.1, 0.15) is 0 Å². The third-order valence-corrected chi connectivity index (χ3v) is 5.43.